The van der Waals surface area contributed by atoms with Crippen LogP contribution in [-0.2, 0) is 0 Å². The molecule has 0 fully saturated rings. The fourth-order valence-corrected chi connectivity index (χ4v) is 1.78. The topological polar surface area (TPSA) is 42.7 Å². The van der Waals surface area contributed by atoms with Crippen molar-refractivity contribution in [2.24, 2.45) is 5.92 Å². The van der Waals surface area contributed by atoms with Gasteiger partial charge in [0, 0.05) is 0 Å². The molecule has 16 heavy (non-hydrogen) atoms. The second-order valence-electron chi connectivity index (χ2n) is 4.89. The minimum Gasteiger partial charge on any atom is -0.316 e. The molecule has 1 rings (SSSR count). The second kappa shape index (κ2) is 5.99. The summed E-state index contributed by atoms with van der Waals surface area (Å²) < 4.78 is 2.02. The number of nitrogens with zero attached hydrogens (tertiary/aromatic N) is 3. The Kier molecular flexibility index (Phi) is 4.93. The molecule has 1 N–H and O–H groups in total. The molecule has 1 atom stereocenters. The molecule has 92 valence electrons. The van der Waals surface area contributed by atoms with Crippen molar-refractivity contribution in [1.29, 1.82) is 0 Å². The van der Waals surface area contributed by atoms with E-state index >= 15 is 0 Å². The van der Waals surface area contributed by atoms with Gasteiger partial charge in [0.25, 0.3) is 0 Å². The summed E-state index contributed by atoms with van der Waals surface area (Å²) in [4.78, 5) is 4.32. The van der Waals surface area contributed by atoms with E-state index in [0.717, 1.165) is 31.2 Å². The summed E-state index contributed by atoms with van der Waals surface area (Å²) >= 11 is 0. The van der Waals surface area contributed by atoms with Crippen LogP contribution in [-0.4, -0.2) is 27.9 Å². The average Bonchev–Trinajstić information content (AvgIpc) is 2.52. The molecule has 0 aliphatic heterocycles. The van der Waals surface area contributed by atoms with Crippen molar-refractivity contribution in [3.63, 3.8) is 0 Å². The minimum atomic E-state index is 0.417. The normalized spacial score (nSPS) is 13.4. The molecule has 0 spiro atoms. The van der Waals surface area contributed by atoms with Crippen LogP contribution in [0.4, 0.5) is 0 Å². The lowest BCUT2D eigenvalue weighted by molar-refractivity contribution is 0.424. The Morgan fingerprint density at radius 3 is 2.44 bits per heavy atom. The third kappa shape index (κ3) is 3.93. The number of hydrogen-bond acceptors (Lipinski definition) is 3. The zero-order valence-corrected chi connectivity index (χ0v) is 11.1. The second-order valence-corrected chi connectivity index (χ2v) is 4.89. The van der Waals surface area contributed by atoms with Gasteiger partial charge in [0.1, 0.15) is 11.6 Å². The molecular formula is C12H24N4. The van der Waals surface area contributed by atoms with E-state index in [-0.39, 0.29) is 0 Å². The quantitative estimate of drug-likeness (QED) is 0.752. The SMILES string of the molecule is Cc1nc(C)n(C(C)CCNCC(C)C)n1. The molecular weight excluding hydrogens is 200 g/mol. The molecule has 0 radical (unpaired) electrons. The highest BCUT2D eigenvalue weighted by Crippen LogP contribution is 2.10. The molecule has 4 nitrogen and oxygen atoms in total. The summed E-state index contributed by atoms with van der Waals surface area (Å²) in [5, 5.41) is 7.85. The van der Waals surface area contributed by atoms with Gasteiger partial charge in [-0.1, -0.05) is 13.8 Å². The largest absolute Gasteiger partial charge is 0.316 e. The number of hydrogen-bond donors (Lipinski definition) is 1. The van der Waals surface area contributed by atoms with Gasteiger partial charge >= 0.3 is 0 Å². The van der Waals surface area contributed by atoms with Crippen LogP contribution in [0.1, 0.15) is 44.9 Å². The maximum atomic E-state index is 4.40. The minimum absolute atomic E-state index is 0.417. The number of nitrogens with one attached hydrogen (secondary N) is 1. The van der Waals surface area contributed by atoms with E-state index in [4.69, 9.17) is 0 Å². The van der Waals surface area contributed by atoms with Crippen molar-refractivity contribution in [3.8, 4) is 0 Å². The van der Waals surface area contributed by atoms with Gasteiger partial charge in [0.05, 0.1) is 6.04 Å². The van der Waals surface area contributed by atoms with Crippen LogP contribution in [0.15, 0.2) is 0 Å². The van der Waals surface area contributed by atoms with Crippen molar-refractivity contribution in [1.82, 2.24) is 20.1 Å². The molecule has 0 bridgehead atoms. The monoisotopic (exact) mass is 224 g/mol. The van der Waals surface area contributed by atoms with Gasteiger partial charge in [-0.2, -0.15) is 5.10 Å². The van der Waals surface area contributed by atoms with E-state index in [2.05, 4.69) is 36.2 Å². The molecule has 1 unspecified atom stereocenters. The van der Waals surface area contributed by atoms with Crippen LogP contribution >= 0.6 is 0 Å². The van der Waals surface area contributed by atoms with E-state index in [0.29, 0.717) is 12.0 Å². The summed E-state index contributed by atoms with van der Waals surface area (Å²) in [7, 11) is 0. The standard InChI is InChI=1S/C12H24N4/c1-9(2)8-13-7-6-10(3)16-12(5)14-11(4)15-16/h9-10,13H,6-8H2,1-5H3. The highest BCUT2D eigenvalue weighted by Gasteiger charge is 2.09. The maximum Gasteiger partial charge on any atom is 0.147 e. The molecule has 1 aromatic rings. The zero-order valence-electron chi connectivity index (χ0n) is 11.1. The first-order chi connectivity index (χ1) is 7.50. The Labute approximate surface area is 98.5 Å². The van der Waals surface area contributed by atoms with Crippen molar-refractivity contribution in [2.45, 2.75) is 47.1 Å². The van der Waals surface area contributed by atoms with Gasteiger partial charge in [-0.3, -0.25) is 0 Å². The van der Waals surface area contributed by atoms with Crippen LogP contribution in [0.5, 0.6) is 0 Å². The van der Waals surface area contributed by atoms with Gasteiger partial charge < -0.3 is 5.32 Å². The lowest BCUT2D eigenvalue weighted by atomic mass is 10.2. The molecule has 0 aliphatic carbocycles. The Bertz CT molecular complexity index is 317. The fraction of sp³-hybridized carbons (Fsp3) is 0.833. The van der Waals surface area contributed by atoms with Gasteiger partial charge in [-0.15, -0.1) is 0 Å². The summed E-state index contributed by atoms with van der Waals surface area (Å²) in [6.07, 6.45) is 1.09. The van der Waals surface area contributed by atoms with E-state index in [1.54, 1.807) is 0 Å². The molecule has 0 aromatic carbocycles. The third-order valence-electron chi connectivity index (χ3n) is 2.62. The van der Waals surface area contributed by atoms with E-state index in [1.165, 1.54) is 0 Å². The van der Waals surface area contributed by atoms with Gasteiger partial charge in [0.2, 0.25) is 0 Å². The predicted molar refractivity (Wildman–Crippen MR) is 66.5 cm³/mol. The van der Waals surface area contributed by atoms with Crippen molar-refractivity contribution in [3.05, 3.63) is 11.6 Å². The van der Waals surface area contributed by atoms with Crippen LogP contribution in [0, 0.1) is 19.8 Å². The van der Waals surface area contributed by atoms with E-state index < -0.39 is 0 Å². The van der Waals surface area contributed by atoms with Gasteiger partial charge in [-0.25, -0.2) is 9.67 Å². The Hall–Kier alpha value is -0.900. The zero-order chi connectivity index (χ0) is 12.1. The molecule has 1 heterocycles. The summed E-state index contributed by atoms with van der Waals surface area (Å²) in [6.45, 7) is 12.7. The Morgan fingerprint density at radius 1 is 1.25 bits per heavy atom. The maximum absolute atomic E-state index is 4.40. The van der Waals surface area contributed by atoms with Gasteiger partial charge in [0.15, 0.2) is 0 Å². The molecule has 0 saturated heterocycles. The highest BCUT2D eigenvalue weighted by atomic mass is 15.4. The first-order valence-electron chi connectivity index (χ1n) is 6.11. The third-order valence-corrected chi connectivity index (χ3v) is 2.62. The van der Waals surface area contributed by atoms with Crippen molar-refractivity contribution < 1.29 is 0 Å². The molecule has 0 saturated carbocycles. The first kappa shape index (κ1) is 13.2. The van der Waals surface area contributed by atoms with E-state index in [9.17, 15) is 0 Å². The van der Waals surface area contributed by atoms with Crippen molar-refractivity contribution in [2.75, 3.05) is 13.1 Å². The van der Waals surface area contributed by atoms with Crippen LogP contribution < -0.4 is 5.32 Å². The van der Waals surface area contributed by atoms with Crippen LogP contribution in [0.2, 0.25) is 0 Å². The van der Waals surface area contributed by atoms with Crippen molar-refractivity contribution >= 4 is 0 Å². The van der Waals surface area contributed by atoms with Gasteiger partial charge in [-0.05, 0) is 46.2 Å². The fourth-order valence-electron chi connectivity index (χ4n) is 1.78. The summed E-state index contributed by atoms with van der Waals surface area (Å²) in [5.74, 6) is 2.58. The molecule has 4 heteroatoms. The Morgan fingerprint density at radius 2 is 1.94 bits per heavy atom. The van der Waals surface area contributed by atoms with Crippen LogP contribution in [0.25, 0.3) is 0 Å². The average molecular weight is 224 g/mol. The molecule has 0 amide bonds. The predicted octanol–water partition coefficient (Wildman–Crippen LogP) is 2.09. The lowest BCUT2D eigenvalue weighted by Gasteiger charge is -2.14. The summed E-state index contributed by atoms with van der Waals surface area (Å²) in [6, 6.07) is 0.417. The summed E-state index contributed by atoms with van der Waals surface area (Å²) in [5.41, 5.74) is 0. The Balaban J connectivity index is 2.35. The van der Waals surface area contributed by atoms with E-state index in [1.807, 2.05) is 18.5 Å². The number of rotatable bonds is 6. The van der Waals surface area contributed by atoms with Crippen LogP contribution in [0.3, 0.4) is 0 Å². The highest BCUT2D eigenvalue weighted by molar-refractivity contribution is 4.89. The smallest absolute Gasteiger partial charge is 0.147 e. The molecule has 1 aromatic heterocycles. The number of aromatic nitrogens is 3. The number of aryl methyl sites for hydroxylation is 2. The lowest BCUT2D eigenvalue weighted by Crippen LogP contribution is -2.23. The molecule has 0 aliphatic rings. The first-order valence-corrected chi connectivity index (χ1v) is 6.11.